The molecule has 1 atom stereocenters. The van der Waals surface area contributed by atoms with Crippen LogP contribution in [0.5, 0.6) is 5.75 Å². The molecule has 7 nitrogen and oxygen atoms in total. The van der Waals surface area contributed by atoms with Crippen molar-refractivity contribution in [3.8, 4) is 5.75 Å². The fourth-order valence-corrected chi connectivity index (χ4v) is 3.47. The number of amides is 1. The normalized spacial score (nSPS) is 16.0. The van der Waals surface area contributed by atoms with Gasteiger partial charge in [0.25, 0.3) is 5.91 Å². The first-order chi connectivity index (χ1) is 15.5. The maximum Gasteiger partial charge on any atom is 0.253 e. The highest BCUT2D eigenvalue weighted by Gasteiger charge is 2.17. The molecule has 32 heavy (non-hydrogen) atoms. The van der Waals surface area contributed by atoms with Crippen molar-refractivity contribution in [3.63, 3.8) is 0 Å². The highest BCUT2D eigenvalue weighted by Crippen LogP contribution is 2.22. The van der Waals surface area contributed by atoms with Gasteiger partial charge in [0, 0.05) is 57.9 Å². The summed E-state index contributed by atoms with van der Waals surface area (Å²) in [5.41, 5.74) is 4.01. The lowest BCUT2D eigenvalue weighted by Gasteiger charge is -2.17. The molecule has 0 aliphatic carbocycles. The van der Waals surface area contributed by atoms with E-state index in [4.69, 9.17) is 9.47 Å². The van der Waals surface area contributed by atoms with Crippen molar-refractivity contribution >= 4 is 11.9 Å². The first kappa shape index (κ1) is 23.6. The van der Waals surface area contributed by atoms with Crippen molar-refractivity contribution < 1.29 is 14.3 Å². The molecular formula is C25H34N4O3. The molecule has 1 amide bonds. The minimum atomic E-state index is -0.00133. The number of carbonyl (C=O) groups excluding carboxylic acids is 1. The molecule has 0 bridgehead atoms. The quantitative estimate of drug-likeness (QED) is 0.490. The minimum absolute atomic E-state index is 0.00133. The Kier molecular flexibility index (Phi) is 8.50. The average Bonchev–Trinajstić information content (AvgIpc) is 3.32. The molecule has 3 rings (SSSR count). The lowest BCUT2D eigenvalue weighted by molar-refractivity contribution is 0.0827. The molecule has 0 radical (unpaired) electrons. The molecule has 0 aromatic heterocycles. The topological polar surface area (TPSA) is 75.2 Å². The Morgan fingerprint density at radius 2 is 1.91 bits per heavy atom. The Labute approximate surface area is 190 Å². The number of aryl methyl sites for hydroxylation is 1. The number of hydrogen-bond donors (Lipinski definition) is 2. The number of carbonyl (C=O) groups is 1. The van der Waals surface area contributed by atoms with Crippen molar-refractivity contribution in [3.05, 3.63) is 64.7 Å². The molecule has 1 fully saturated rings. The third kappa shape index (κ3) is 6.72. The fourth-order valence-electron chi connectivity index (χ4n) is 3.47. The van der Waals surface area contributed by atoms with Gasteiger partial charge in [-0.15, -0.1) is 0 Å². The predicted molar refractivity (Wildman–Crippen MR) is 127 cm³/mol. The maximum atomic E-state index is 12.0. The highest BCUT2D eigenvalue weighted by molar-refractivity contribution is 5.93. The smallest absolute Gasteiger partial charge is 0.253 e. The van der Waals surface area contributed by atoms with E-state index in [1.165, 1.54) is 5.56 Å². The van der Waals surface area contributed by atoms with Gasteiger partial charge < -0.3 is 25.0 Å². The number of rotatable bonds is 8. The molecule has 0 spiro atoms. The molecule has 2 aromatic carbocycles. The van der Waals surface area contributed by atoms with E-state index >= 15 is 0 Å². The van der Waals surface area contributed by atoms with E-state index in [2.05, 4.69) is 40.7 Å². The Hall–Kier alpha value is -3.06. The molecule has 172 valence electrons. The summed E-state index contributed by atoms with van der Waals surface area (Å²) in [6.07, 6.45) is 1.06. The van der Waals surface area contributed by atoms with Gasteiger partial charge in [-0.2, -0.15) is 0 Å². The van der Waals surface area contributed by atoms with Gasteiger partial charge >= 0.3 is 0 Å². The lowest BCUT2D eigenvalue weighted by Crippen LogP contribution is -2.36. The molecule has 1 aliphatic rings. The molecule has 2 aromatic rings. The van der Waals surface area contributed by atoms with Crippen LogP contribution in [-0.2, 0) is 17.8 Å². The lowest BCUT2D eigenvalue weighted by atomic mass is 10.1. The van der Waals surface area contributed by atoms with Gasteiger partial charge in [0.1, 0.15) is 5.75 Å². The summed E-state index contributed by atoms with van der Waals surface area (Å²) in [5.74, 6) is 2.07. The number of ether oxygens (including phenoxy) is 2. The first-order valence-electron chi connectivity index (χ1n) is 11.0. The molecule has 1 heterocycles. The van der Waals surface area contributed by atoms with Gasteiger partial charge in [0.05, 0.1) is 13.2 Å². The summed E-state index contributed by atoms with van der Waals surface area (Å²) in [5, 5.41) is 6.68. The van der Waals surface area contributed by atoms with Crippen molar-refractivity contribution in [2.75, 3.05) is 41.0 Å². The van der Waals surface area contributed by atoms with E-state index in [0.717, 1.165) is 36.5 Å². The summed E-state index contributed by atoms with van der Waals surface area (Å²) in [4.78, 5) is 17.9. The van der Waals surface area contributed by atoms with Gasteiger partial charge in [-0.05, 0) is 42.7 Å². The van der Waals surface area contributed by atoms with Gasteiger partial charge in [-0.3, -0.25) is 9.79 Å². The molecule has 2 N–H and O–H groups in total. The third-order valence-corrected chi connectivity index (χ3v) is 5.46. The van der Waals surface area contributed by atoms with E-state index < -0.39 is 0 Å². The standard InChI is InChI=1S/C25H34N4O3/c1-18-5-8-22(23(13-18)32-17-20-11-12-31-16-20)15-28-25(26-2)27-14-19-6-9-21(10-7-19)24(30)29(3)4/h5-10,13,20H,11-12,14-17H2,1-4H3,(H2,26,27,28). The van der Waals surface area contributed by atoms with Crippen LogP contribution in [0.25, 0.3) is 0 Å². The predicted octanol–water partition coefficient (Wildman–Crippen LogP) is 2.98. The maximum absolute atomic E-state index is 12.0. The molecule has 1 unspecified atom stereocenters. The Morgan fingerprint density at radius 1 is 1.16 bits per heavy atom. The summed E-state index contributed by atoms with van der Waals surface area (Å²) in [6.45, 7) is 5.56. The largest absolute Gasteiger partial charge is 0.493 e. The number of benzene rings is 2. The summed E-state index contributed by atoms with van der Waals surface area (Å²) in [7, 11) is 5.25. The van der Waals surface area contributed by atoms with Crippen LogP contribution in [-0.4, -0.2) is 57.7 Å². The Balaban J connectivity index is 1.53. The van der Waals surface area contributed by atoms with Crippen molar-refractivity contribution in [2.45, 2.75) is 26.4 Å². The monoisotopic (exact) mass is 438 g/mol. The average molecular weight is 439 g/mol. The van der Waals surface area contributed by atoms with Gasteiger partial charge in [-0.1, -0.05) is 24.3 Å². The second-order valence-electron chi connectivity index (χ2n) is 8.33. The molecule has 7 heteroatoms. The van der Waals surface area contributed by atoms with Crippen LogP contribution in [0.15, 0.2) is 47.5 Å². The van der Waals surface area contributed by atoms with Gasteiger partial charge in [0.15, 0.2) is 5.96 Å². The van der Waals surface area contributed by atoms with Crippen molar-refractivity contribution in [1.82, 2.24) is 15.5 Å². The van der Waals surface area contributed by atoms with Crippen LogP contribution in [0.2, 0.25) is 0 Å². The van der Waals surface area contributed by atoms with E-state index in [1.807, 2.05) is 24.3 Å². The fraction of sp³-hybridized carbons (Fsp3) is 0.440. The van der Waals surface area contributed by atoms with Crippen LogP contribution >= 0.6 is 0 Å². The van der Waals surface area contributed by atoms with Crippen LogP contribution in [0.4, 0.5) is 0 Å². The number of hydrogen-bond acceptors (Lipinski definition) is 4. The van der Waals surface area contributed by atoms with Crippen molar-refractivity contribution in [1.29, 1.82) is 0 Å². The van der Waals surface area contributed by atoms with E-state index in [0.29, 0.717) is 37.1 Å². The molecule has 0 saturated carbocycles. The summed E-state index contributed by atoms with van der Waals surface area (Å²) >= 11 is 0. The second kappa shape index (κ2) is 11.5. The zero-order valence-electron chi connectivity index (χ0n) is 19.5. The van der Waals surface area contributed by atoms with Crippen molar-refractivity contribution in [2.24, 2.45) is 10.9 Å². The zero-order valence-corrected chi connectivity index (χ0v) is 19.5. The number of guanidine groups is 1. The second-order valence-corrected chi connectivity index (χ2v) is 8.33. The van der Waals surface area contributed by atoms with Crippen LogP contribution < -0.4 is 15.4 Å². The van der Waals surface area contributed by atoms with Crippen LogP contribution in [0.1, 0.15) is 33.5 Å². The first-order valence-corrected chi connectivity index (χ1v) is 11.0. The third-order valence-electron chi connectivity index (χ3n) is 5.46. The Morgan fingerprint density at radius 3 is 2.56 bits per heavy atom. The number of nitrogens with one attached hydrogen (secondary N) is 2. The van der Waals surface area contributed by atoms with E-state index in [-0.39, 0.29) is 5.91 Å². The highest BCUT2D eigenvalue weighted by atomic mass is 16.5. The number of nitrogens with zero attached hydrogens (tertiary/aromatic N) is 2. The van der Waals surface area contributed by atoms with Gasteiger partial charge in [-0.25, -0.2) is 0 Å². The Bertz CT molecular complexity index is 919. The van der Waals surface area contributed by atoms with E-state index in [1.54, 1.807) is 26.0 Å². The van der Waals surface area contributed by atoms with Crippen LogP contribution in [0.3, 0.4) is 0 Å². The molecule has 1 saturated heterocycles. The zero-order chi connectivity index (χ0) is 22.9. The van der Waals surface area contributed by atoms with E-state index in [9.17, 15) is 4.79 Å². The van der Waals surface area contributed by atoms with Gasteiger partial charge in [0.2, 0.25) is 0 Å². The molecule has 1 aliphatic heterocycles. The molecular weight excluding hydrogens is 404 g/mol. The summed E-state index contributed by atoms with van der Waals surface area (Å²) in [6, 6.07) is 13.9. The SMILES string of the molecule is CN=C(NCc1ccc(C(=O)N(C)C)cc1)NCc1ccc(C)cc1OCC1CCOC1. The number of aliphatic imine (C=N–C) groups is 1. The minimum Gasteiger partial charge on any atom is -0.493 e. The summed E-state index contributed by atoms with van der Waals surface area (Å²) < 4.78 is 11.6. The van der Waals surface area contributed by atoms with Crippen LogP contribution in [0, 0.1) is 12.8 Å².